The van der Waals surface area contributed by atoms with Crippen LogP contribution in [0.2, 0.25) is 0 Å². The Balaban J connectivity index is 2.92. The molecule has 0 saturated carbocycles. The van der Waals surface area contributed by atoms with Crippen LogP contribution >= 0.6 is 15.9 Å². The van der Waals surface area contributed by atoms with Gasteiger partial charge in [0.2, 0.25) is 5.91 Å². The summed E-state index contributed by atoms with van der Waals surface area (Å²) in [6.45, 7) is 3.10. The third kappa shape index (κ3) is 4.31. The molecular formula is C13H19BrN2O2. The van der Waals surface area contributed by atoms with Gasteiger partial charge in [0.15, 0.2) is 0 Å². The Morgan fingerprint density at radius 1 is 1.50 bits per heavy atom. The molecule has 1 aromatic rings. The number of aliphatic hydroxyl groups excluding tert-OH is 1. The van der Waals surface area contributed by atoms with Gasteiger partial charge in [0, 0.05) is 11.0 Å². The average molecular weight is 315 g/mol. The van der Waals surface area contributed by atoms with Crippen molar-refractivity contribution in [3.8, 4) is 0 Å². The van der Waals surface area contributed by atoms with E-state index in [0.29, 0.717) is 0 Å². The van der Waals surface area contributed by atoms with Gasteiger partial charge in [-0.15, -0.1) is 0 Å². The Morgan fingerprint density at radius 3 is 2.72 bits per heavy atom. The van der Waals surface area contributed by atoms with E-state index in [2.05, 4.69) is 22.9 Å². The van der Waals surface area contributed by atoms with Gasteiger partial charge in [-0.3, -0.25) is 4.79 Å². The summed E-state index contributed by atoms with van der Waals surface area (Å²) in [4.78, 5) is 13.1. The fourth-order valence-corrected chi connectivity index (χ4v) is 2.40. The van der Waals surface area contributed by atoms with Crippen molar-refractivity contribution in [2.75, 3.05) is 18.0 Å². The largest absolute Gasteiger partial charge is 0.392 e. The third-order valence-corrected chi connectivity index (χ3v) is 3.30. The first-order valence-corrected chi connectivity index (χ1v) is 6.80. The molecule has 1 aromatic carbocycles. The zero-order valence-electron chi connectivity index (χ0n) is 10.5. The van der Waals surface area contributed by atoms with Crippen molar-refractivity contribution in [3.63, 3.8) is 0 Å². The maximum Gasteiger partial charge on any atom is 0.236 e. The molecule has 3 N–H and O–H groups in total. The molecule has 5 heteroatoms. The van der Waals surface area contributed by atoms with E-state index in [-0.39, 0.29) is 19.1 Å². The van der Waals surface area contributed by atoms with Gasteiger partial charge in [0.1, 0.15) is 0 Å². The molecule has 0 bridgehead atoms. The first-order chi connectivity index (χ1) is 8.58. The number of anilines is 1. The van der Waals surface area contributed by atoms with Crippen LogP contribution in [0.15, 0.2) is 22.7 Å². The number of primary amides is 1. The van der Waals surface area contributed by atoms with Gasteiger partial charge in [-0.05, 0) is 40.0 Å². The van der Waals surface area contributed by atoms with Crippen LogP contribution in [-0.2, 0) is 11.4 Å². The Hall–Kier alpha value is -1.07. The first kappa shape index (κ1) is 15.0. The van der Waals surface area contributed by atoms with Crippen molar-refractivity contribution in [2.24, 2.45) is 5.73 Å². The average Bonchev–Trinajstić information content (AvgIpc) is 2.34. The molecule has 0 aliphatic rings. The van der Waals surface area contributed by atoms with E-state index >= 15 is 0 Å². The van der Waals surface area contributed by atoms with Gasteiger partial charge < -0.3 is 15.7 Å². The summed E-state index contributed by atoms with van der Waals surface area (Å²) in [5.74, 6) is -0.343. The number of benzene rings is 1. The van der Waals surface area contributed by atoms with Crippen molar-refractivity contribution in [2.45, 2.75) is 26.4 Å². The lowest BCUT2D eigenvalue weighted by Crippen LogP contribution is -2.34. The van der Waals surface area contributed by atoms with Crippen LogP contribution in [0.5, 0.6) is 0 Å². The number of aliphatic hydroxyl groups is 1. The van der Waals surface area contributed by atoms with Gasteiger partial charge >= 0.3 is 0 Å². The minimum atomic E-state index is -0.343. The molecule has 0 fully saturated rings. The summed E-state index contributed by atoms with van der Waals surface area (Å²) in [6, 6.07) is 5.60. The Kier molecular flexibility index (Phi) is 6.15. The van der Waals surface area contributed by atoms with Gasteiger partial charge in [-0.1, -0.05) is 19.4 Å². The third-order valence-electron chi connectivity index (χ3n) is 2.66. The number of halogens is 1. The highest BCUT2D eigenvalue weighted by molar-refractivity contribution is 9.10. The topological polar surface area (TPSA) is 66.6 Å². The molecule has 1 amide bonds. The fraction of sp³-hybridized carbons (Fsp3) is 0.462. The van der Waals surface area contributed by atoms with Crippen LogP contribution in [-0.4, -0.2) is 24.1 Å². The molecule has 0 aliphatic carbocycles. The highest BCUT2D eigenvalue weighted by Crippen LogP contribution is 2.27. The Morgan fingerprint density at radius 2 is 2.22 bits per heavy atom. The zero-order chi connectivity index (χ0) is 13.5. The molecule has 4 nitrogen and oxygen atoms in total. The van der Waals surface area contributed by atoms with Crippen molar-refractivity contribution >= 4 is 27.5 Å². The zero-order valence-corrected chi connectivity index (χ0v) is 12.1. The molecule has 18 heavy (non-hydrogen) atoms. The maximum absolute atomic E-state index is 11.1. The Bertz CT molecular complexity index is 410. The summed E-state index contributed by atoms with van der Waals surface area (Å²) in [7, 11) is 0. The number of carbonyl (C=O) groups is 1. The number of nitrogens with zero attached hydrogens (tertiary/aromatic N) is 1. The highest BCUT2D eigenvalue weighted by Gasteiger charge is 2.12. The second-order valence-corrected chi connectivity index (χ2v) is 5.04. The number of amides is 1. The maximum atomic E-state index is 11.1. The molecule has 0 spiro atoms. The predicted octanol–water partition coefficient (Wildman–Crippen LogP) is 2.03. The number of carbonyl (C=O) groups excluding carboxylic acids is 1. The van der Waals surface area contributed by atoms with Crippen molar-refractivity contribution in [1.29, 1.82) is 0 Å². The molecule has 0 saturated heterocycles. The molecule has 0 aliphatic heterocycles. The van der Waals surface area contributed by atoms with E-state index in [1.165, 1.54) is 0 Å². The van der Waals surface area contributed by atoms with Crippen LogP contribution in [0.25, 0.3) is 0 Å². The number of nitrogens with two attached hydrogens (primary N) is 1. The van der Waals surface area contributed by atoms with Crippen LogP contribution in [0, 0.1) is 0 Å². The van der Waals surface area contributed by atoms with Crippen LogP contribution < -0.4 is 10.6 Å². The van der Waals surface area contributed by atoms with Crippen molar-refractivity contribution in [1.82, 2.24) is 0 Å². The standard InChI is InChI=1S/C13H19BrN2O2/c1-2-3-6-16(8-13(15)18)12-5-4-10(9-17)7-11(12)14/h4-5,7,17H,2-3,6,8-9H2,1H3,(H2,15,18). The molecule has 0 unspecified atom stereocenters. The van der Waals surface area contributed by atoms with E-state index < -0.39 is 0 Å². The monoisotopic (exact) mass is 314 g/mol. The SMILES string of the molecule is CCCCN(CC(N)=O)c1ccc(CO)cc1Br. The van der Waals surface area contributed by atoms with Crippen molar-refractivity contribution in [3.05, 3.63) is 28.2 Å². The lowest BCUT2D eigenvalue weighted by atomic mass is 10.2. The smallest absolute Gasteiger partial charge is 0.236 e. The predicted molar refractivity (Wildman–Crippen MR) is 76.4 cm³/mol. The number of unbranched alkanes of at least 4 members (excludes halogenated alkanes) is 1. The lowest BCUT2D eigenvalue weighted by Gasteiger charge is -2.24. The number of hydrogen-bond acceptors (Lipinski definition) is 3. The van der Waals surface area contributed by atoms with E-state index in [4.69, 9.17) is 10.8 Å². The molecule has 0 atom stereocenters. The summed E-state index contributed by atoms with van der Waals surface area (Å²) in [5.41, 5.74) is 7.04. The van der Waals surface area contributed by atoms with Gasteiger partial charge in [-0.2, -0.15) is 0 Å². The van der Waals surface area contributed by atoms with E-state index in [9.17, 15) is 4.79 Å². The molecule has 0 aromatic heterocycles. The van der Waals surface area contributed by atoms with E-state index in [1.54, 1.807) is 0 Å². The fourth-order valence-electron chi connectivity index (χ4n) is 1.73. The molecule has 0 radical (unpaired) electrons. The van der Waals surface area contributed by atoms with Gasteiger partial charge in [-0.25, -0.2) is 0 Å². The first-order valence-electron chi connectivity index (χ1n) is 6.01. The number of hydrogen-bond donors (Lipinski definition) is 2. The van der Waals surface area contributed by atoms with Crippen LogP contribution in [0.3, 0.4) is 0 Å². The molecule has 1 rings (SSSR count). The highest BCUT2D eigenvalue weighted by atomic mass is 79.9. The quantitative estimate of drug-likeness (QED) is 0.809. The second kappa shape index (κ2) is 7.38. The van der Waals surface area contributed by atoms with Crippen LogP contribution in [0.1, 0.15) is 25.3 Å². The van der Waals surface area contributed by atoms with Crippen molar-refractivity contribution < 1.29 is 9.90 Å². The molecule has 100 valence electrons. The van der Waals surface area contributed by atoms with E-state index in [1.807, 2.05) is 23.1 Å². The summed E-state index contributed by atoms with van der Waals surface area (Å²) in [6.07, 6.45) is 2.06. The summed E-state index contributed by atoms with van der Waals surface area (Å²) >= 11 is 3.47. The summed E-state index contributed by atoms with van der Waals surface area (Å²) < 4.78 is 0.867. The van der Waals surface area contributed by atoms with E-state index in [0.717, 1.165) is 35.1 Å². The minimum absolute atomic E-state index is 0.00363. The molecule has 0 heterocycles. The second-order valence-electron chi connectivity index (χ2n) is 4.19. The van der Waals surface area contributed by atoms with Gasteiger partial charge in [0.05, 0.1) is 18.8 Å². The normalized spacial score (nSPS) is 10.4. The number of rotatable bonds is 7. The summed E-state index contributed by atoms with van der Waals surface area (Å²) in [5, 5.41) is 9.07. The van der Waals surface area contributed by atoms with Gasteiger partial charge in [0.25, 0.3) is 0 Å². The van der Waals surface area contributed by atoms with Crippen LogP contribution in [0.4, 0.5) is 5.69 Å². The Labute approximate surface area is 116 Å². The lowest BCUT2D eigenvalue weighted by molar-refractivity contribution is -0.116. The minimum Gasteiger partial charge on any atom is -0.392 e. The molecular weight excluding hydrogens is 296 g/mol.